The van der Waals surface area contributed by atoms with Crippen LogP contribution in [0.15, 0.2) is 24.3 Å². The third kappa shape index (κ3) is 3.06. The van der Waals surface area contributed by atoms with Gasteiger partial charge in [-0.2, -0.15) is 13.2 Å². The number of hydrogen-bond donors (Lipinski definition) is 0. The third-order valence-electron chi connectivity index (χ3n) is 2.78. The highest BCUT2D eigenvalue weighted by atomic mass is 32.2. The Morgan fingerprint density at radius 2 is 2.15 bits per heavy atom. The van der Waals surface area contributed by atoms with Crippen molar-refractivity contribution in [2.24, 2.45) is 0 Å². The number of anilines is 1. The molecule has 20 heavy (non-hydrogen) atoms. The average molecular weight is 304 g/mol. The average Bonchev–Trinajstić information content (AvgIpc) is 2.69. The van der Waals surface area contributed by atoms with Crippen LogP contribution in [0.4, 0.5) is 18.9 Å². The Kier molecular flexibility index (Phi) is 3.94. The minimum absolute atomic E-state index is 0.109. The van der Waals surface area contributed by atoms with Crippen LogP contribution in [0.5, 0.6) is 0 Å². The van der Waals surface area contributed by atoms with Crippen molar-refractivity contribution in [2.75, 3.05) is 10.8 Å². The molecule has 1 unspecified atom stereocenters. The third-order valence-corrected chi connectivity index (χ3v) is 3.96. The number of alkyl halides is 3. The highest BCUT2D eigenvalue weighted by molar-refractivity contribution is 8.01. The standard InChI is InChI=1S/C12H10F3NO3S/c13-12(14,15)7-2-1-3-8(4-7)16-6-20-9(11(16)19)5-10(17)18/h1-4,9H,5-6H2,(H,17,18)/p-1. The molecule has 0 radical (unpaired) electrons. The molecule has 1 amide bonds. The van der Waals surface area contributed by atoms with Crippen molar-refractivity contribution in [3.05, 3.63) is 29.8 Å². The predicted molar refractivity (Wildman–Crippen MR) is 64.8 cm³/mol. The zero-order valence-electron chi connectivity index (χ0n) is 10.0. The van der Waals surface area contributed by atoms with Gasteiger partial charge in [0.2, 0.25) is 5.91 Å². The summed E-state index contributed by atoms with van der Waals surface area (Å²) in [4.78, 5) is 23.6. The van der Waals surface area contributed by atoms with E-state index in [-0.39, 0.29) is 11.6 Å². The van der Waals surface area contributed by atoms with Crippen LogP contribution in [-0.2, 0) is 15.8 Å². The van der Waals surface area contributed by atoms with Crippen LogP contribution >= 0.6 is 11.8 Å². The highest BCUT2D eigenvalue weighted by Gasteiger charge is 2.35. The second-order valence-corrected chi connectivity index (χ2v) is 5.34. The Labute approximate surface area is 116 Å². The molecule has 1 aromatic carbocycles. The van der Waals surface area contributed by atoms with Crippen molar-refractivity contribution >= 4 is 29.3 Å². The van der Waals surface area contributed by atoms with Gasteiger partial charge in [0.05, 0.1) is 16.7 Å². The number of carboxylic acids is 1. The van der Waals surface area contributed by atoms with Gasteiger partial charge in [-0.15, -0.1) is 11.8 Å². The Morgan fingerprint density at radius 1 is 1.45 bits per heavy atom. The minimum atomic E-state index is -4.49. The van der Waals surface area contributed by atoms with Gasteiger partial charge in [0.1, 0.15) is 0 Å². The minimum Gasteiger partial charge on any atom is -0.550 e. The fraction of sp³-hybridized carbons (Fsp3) is 0.333. The number of aliphatic carboxylic acids is 1. The summed E-state index contributed by atoms with van der Waals surface area (Å²) in [6.45, 7) is 0. The zero-order valence-corrected chi connectivity index (χ0v) is 10.8. The summed E-state index contributed by atoms with van der Waals surface area (Å²) >= 11 is 1.07. The molecule has 1 aliphatic rings. The van der Waals surface area contributed by atoms with Gasteiger partial charge in [0, 0.05) is 18.1 Å². The van der Waals surface area contributed by atoms with E-state index in [1.807, 2.05) is 0 Å². The van der Waals surface area contributed by atoms with Crippen molar-refractivity contribution in [3.63, 3.8) is 0 Å². The summed E-state index contributed by atoms with van der Waals surface area (Å²) in [5.41, 5.74) is -0.741. The van der Waals surface area contributed by atoms with E-state index in [0.29, 0.717) is 0 Å². The number of benzene rings is 1. The van der Waals surface area contributed by atoms with Gasteiger partial charge in [0.15, 0.2) is 0 Å². The first-order valence-electron chi connectivity index (χ1n) is 5.59. The molecule has 1 saturated heterocycles. The van der Waals surface area contributed by atoms with E-state index in [2.05, 4.69) is 0 Å². The monoisotopic (exact) mass is 304 g/mol. The normalized spacial score (nSPS) is 19.4. The van der Waals surface area contributed by atoms with Gasteiger partial charge in [-0.1, -0.05) is 6.07 Å². The molecule has 1 fully saturated rings. The van der Waals surface area contributed by atoms with Crippen molar-refractivity contribution < 1.29 is 27.9 Å². The maximum atomic E-state index is 12.6. The van der Waals surface area contributed by atoms with Gasteiger partial charge in [-0.25, -0.2) is 0 Å². The molecule has 2 rings (SSSR count). The van der Waals surface area contributed by atoms with Gasteiger partial charge in [-0.3, -0.25) is 4.79 Å². The van der Waals surface area contributed by atoms with E-state index in [1.165, 1.54) is 12.1 Å². The highest BCUT2D eigenvalue weighted by Crippen LogP contribution is 2.35. The quantitative estimate of drug-likeness (QED) is 0.843. The van der Waals surface area contributed by atoms with Gasteiger partial charge in [0.25, 0.3) is 0 Å². The smallest absolute Gasteiger partial charge is 0.416 e. The van der Waals surface area contributed by atoms with E-state index >= 15 is 0 Å². The molecular weight excluding hydrogens is 295 g/mol. The van der Waals surface area contributed by atoms with Crippen LogP contribution in [0.25, 0.3) is 0 Å². The molecule has 0 aliphatic carbocycles. The Balaban J connectivity index is 2.21. The van der Waals surface area contributed by atoms with E-state index in [1.54, 1.807) is 0 Å². The number of rotatable bonds is 3. The van der Waals surface area contributed by atoms with Crippen molar-refractivity contribution in [2.45, 2.75) is 17.8 Å². The Morgan fingerprint density at radius 3 is 2.75 bits per heavy atom. The molecule has 0 saturated carbocycles. The molecule has 1 aromatic rings. The first-order valence-corrected chi connectivity index (χ1v) is 6.64. The first-order chi connectivity index (χ1) is 9.29. The molecule has 1 heterocycles. The molecule has 0 N–H and O–H groups in total. The molecule has 1 aliphatic heterocycles. The lowest BCUT2D eigenvalue weighted by Crippen LogP contribution is -2.33. The molecule has 0 aromatic heterocycles. The topological polar surface area (TPSA) is 60.4 Å². The zero-order chi connectivity index (χ0) is 14.9. The Hall–Kier alpha value is -1.70. The number of carbonyl (C=O) groups excluding carboxylic acids is 2. The molecule has 8 heteroatoms. The van der Waals surface area contributed by atoms with Crippen LogP contribution in [0.2, 0.25) is 0 Å². The summed E-state index contributed by atoms with van der Waals surface area (Å²) in [7, 11) is 0. The number of carboxylic acid groups (broad SMARTS) is 1. The fourth-order valence-corrected chi connectivity index (χ4v) is 2.95. The number of amides is 1. The molecular formula is C12H9F3NO3S-. The Bertz CT molecular complexity index is 547. The number of thioether (sulfide) groups is 1. The lowest BCUT2D eigenvalue weighted by atomic mass is 10.1. The summed E-state index contributed by atoms with van der Waals surface area (Å²) in [5.74, 6) is -1.75. The van der Waals surface area contributed by atoms with Crippen molar-refractivity contribution in [1.29, 1.82) is 0 Å². The van der Waals surface area contributed by atoms with Crippen LogP contribution in [0, 0.1) is 0 Å². The largest absolute Gasteiger partial charge is 0.550 e. The molecule has 4 nitrogen and oxygen atoms in total. The second kappa shape index (κ2) is 5.35. The predicted octanol–water partition coefficient (Wildman–Crippen LogP) is 1.25. The molecule has 0 spiro atoms. The second-order valence-electron chi connectivity index (χ2n) is 4.17. The summed E-state index contributed by atoms with van der Waals surface area (Å²) in [5, 5.41) is 9.68. The van der Waals surface area contributed by atoms with Gasteiger partial charge >= 0.3 is 6.18 Å². The fourth-order valence-electron chi connectivity index (χ4n) is 1.82. The van der Waals surface area contributed by atoms with E-state index in [4.69, 9.17) is 0 Å². The maximum Gasteiger partial charge on any atom is 0.416 e. The number of carbonyl (C=O) groups is 2. The number of nitrogens with zero attached hydrogens (tertiary/aromatic N) is 1. The SMILES string of the molecule is O=C([O-])CC1SCN(c2cccc(C(F)(F)F)c2)C1=O. The summed E-state index contributed by atoms with van der Waals surface area (Å²) in [6, 6.07) is 4.38. The maximum absolute atomic E-state index is 12.6. The van der Waals surface area contributed by atoms with E-state index in [0.717, 1.165) is 28.8 Å². The van der Waals surface area contributed by atoms with E-state index < -0.39 is 35.3 Å². The van der Waals surface area contributed by atoms with Crippen LogP contribution in [0.1, 0.15) is 12.0 Å². The molecule has 1 atom stereocenters. The number of halogens is 3. The van der Waals surface area contributed by atoms with Crippen LogP contribution in [0.3, 0.4) is 0 Å². The van der Waals surface area contributed by atoms with Crippen molar-refractivity contribution in [3.8, 4) is 0 Å². The molecule has 0 bridgehead atoms. The van der Waals surface area contributed by atoms with Crippen LogP contribution in [-0.4, -0.2) is 23.0 Å². The first kappa shape index (κ1) is 14.7. The van der Waals surface area contributed by atoms with Crippen LogP contribution < -0.4 is 10.0 Å². The summed E-state index contributed by atoms with van der Waals surface area (Å²) < 4.78 is 37.8. The number of hydrogen-bond acceptors (Lipinski definition) is 4. The lowest BCUT2D eigenvalue weighted by Gasteiger charge is -2.17. The lowest BCUT2D eigenvalue weighted by molar-refractivity contribution is -0.305. The van der Waals surface area contributed by atoms with Gasteiger partial charge < -0.3 is 14.8 Å². The van der Waals surface area contributed by atoms with E-state index in [9.17, 15) is 27.9 Å². The van der Waals surface area contributed by atoms with Crippen molar-refractivity contribution in [1.82, 2.24) is 0 Å². The summed E-state index contributed by atoms with van der Waals surface area (Å²) in [6.07, 6.45) is -4.94. The molecule has 108 valence electrons. The van der Waals surface area contributed by atoms with Gasteiger partial charge in [-0.05, 0) is 18.2 Å².